The zero-order valence-corrected chi connectivity index (χ0v) is 17.9. The highest BCUT2D eigenvalue weighted by molar-refractivity contribution is 8.24. The van der Waals surface area contributed by atoms with Crippen LogP contribution in [0.25, 0.3) is 11.5 Å². The highest BCUT2D eigenvalue weighted by Gasteiger charge is 2.19. The number of hydrogen-bond acceptors (Lipinski definition) is 7. The maximum atomic E-state index is 10.1. The molecule has 0 spiro atoms. The third-order valence-electron chi connectivity index (χ3n) is 4.60. The van der Waals surface area contributed by atoms with E-state index in [4.69, 9.17) is 10.2 Å². The van der Waals surface area contributed by atoms with Crippen LogP contribution in [0.1, 0.15) is 31.3 Å². The van der Waals surface area contributed by atoms with Crippen molar-refractivity contribution in [3.05, 3.63) is 66.1 Å². The van der Waals surface area contributed by atoms with Crippen molar-refractivity contribution < 1.29 is 13.5 Å². The molecule has 1 atom stereocenters. The van der Waals surface area contributed by atoms with Gasteiger partial charge in [0.25, 0.3) is 5.89 Å². The van der Waals surface area contributed by atoms with Crippen molar-refractivity contribution >= 4 is 22.1 Å². The second-order valence-electron chi connectivity index (χ2n) is 6.57. The SMILES string of the molecule is CCS(O)(O)c1ccc(C(C)N=C(C(N)=NC)c2nnc(-c3ccccc3)o2)cc1. The number of rotatable bonds is 7. The van der Waals surface area contributed by atoms with Crippen LogP contribution < -0.4 is 5.73 Å². The van der Waals surface area contributed by atoms with Gasteiger partial charge in [0, 0.05) is 18.4 Å². The van der Waals surface area contributed by atoms with E-state index in [9.17, 15) is 9.11 Å². The first-order valence-electron chi connectivity index (χ1n) is 9.41. The Morgan fingerprint density at radius 3 is 2.37 bits per heavy atom. The van der Waals surface area contributed by atoms with E-state index in [0.29, 0.717) is 16.5 Å². The molecule has 0 aliphatic heterocycles. The third kappa shape index (κ3) is 4.76. The maximum Gasteiger partial charge on any atom is 0.270 e. The van der Waals surface area contributed by atoms with E-state index in [1.165, 1.54) is 0 Å². The summed E-state index contributed by atoms with van der Waals surface area (Å²) in [6, 6.07) is 16.2. The van der Waals surface area contributed by atoms with Gasteiger partial charge in [0.05, 0.1) is 10.9 Å². The van der Waals surface area contributed by atoms with Crippen LogP contribution in [0.5, 0.6) is 0 Å². The predicted octanol–water partition coefficient (Wildman–Crippen LogP) is 4.40. The van der Waals surface area contributed by atoms with Gasteiger partial charge < -0.3 is 10.2 Å². The highest BCUT2D eigenvalue weighted by Crippen LogP contribution is 2.47. The molecule has 0 aliphatic carbocycles. The molecule has 1 aromatic heterocycles. The van der Waals surface area contributed by atoms with Gasteiger partial charge in [0.2, 0.25) is 5.89 Å². The summed E-state index contributed by atoms with van der Waals surface area (Å²) in [5.41, 5.74) is 8.02. The minimum atomic E-state index is -2.76. The summed E-state index contributed by atoms with van der Waals surface area (Å²) in [5.74, 6) is 1.00. The first-order chi connectivity index (χ1) is 14.4. The Kier molecular flexibility index (Phi) is 6.66. The first kappa shape index (κ1) is 21.7. The lowest BCUT2D eigenvalue weighted by Crippen LogP contribution is -2.26. The molecule has 0 saturated heterocycles. The fourth-order valence-electron chi connectivity index (χ4n) is 2.75. The zero-order valence-electron chi connectivity index (χ0n) is 17.1. The number of benzene rings is 2. The molecule has 4 N–H and O–H groups in total. The van der Waals surface area contributed by atoms with E-state index in [-0.39, 0.29) is 23.5 Å². The molecular formula is C21H25N5O3S. The van der Waals surface area contributed by atoms with E-state index in [0.717, 1.165) is 11.1 Å². The fourth-order valence-corrected chi connectivity index (χ4v) is 3.66. The molecule has 0 amide bonds. The van der Waals surface area contributed by atoms with Gasteiger partial charge >= 0.3 is 0 Å². The number of hydrogen-bond donors (Lipinski definition) is 3. The number of nitrogens with two attached hydrogens (primary N) is 1. The van der Waals surface area contributed by atoms with Crippen molar-refractivity contribution in [3.63, 3.8) is 0 Å². The predicted molar refractivity (Wildman–Crippen MR) is 120 cm³/mol. The van der Waals surface area contributed by atoms with Crippen LogP contribution in [0.3, 0.4) is 0 Å². The Bertz CT molecular complexity index is 1050. The Hall–Kier alpha value is -3.01. The molecule has 3 aromatic rings. The summed E-state index contributed by atoms with van der Waals surface area (Å²) in [5, 5.41) is 8.19. The van der Waals surface area contributed by atoms with Gasteiger partial charge in [0.1, 0.15) is 5.84 Å². The average molecular weight is 428 g/mol. The van der Waals surface area contributed by atoms with Crippen molar-refractivity contribution in [1.29, 1.82) is 0 Å². The van der Waals surface area contributed by atoms with E-state index in [1.54, 1.807) is 26.1 Å². The van der Waals surface area contributed by atoms with Gasteiger partial charge in [-0.05, 0) is 43.7 Å². The fraction of sp³-hybridized carbons (Fsp3) is 0.238. The standard InChI is InChI=1S/C21H25N5O3S/c1-4-30(27,28)17-12-10-15(11-13-17)14(2)24-18(19(22)23-3)21-26-25-20(29-21)16-8-6-5-7-9-16/h5-14,27-28H,4H2,1-3H3,(H2,22,23). The van der Waals surface area contributed by atoms with Crippen molar-refractivity contribution in [1.82, 2.24) is 10.2 Å². The molecule has 0 radical (unpaired) electrons. The number of nitrogens with zero attached hydrogens (tertiary/aromatic N) is 4. The number of aromatic nitrogens is 2. The molecule has 30 heavy (non-hydrogen) atoms. The number of aliphatic imine (C=N–C) groups is 2. The Balaban J connectivity index is 1.92. The molecule has 3 rings (SSSR count). The minimum Gasteiger partial charge on any atom is -0.414 e. The molecule has 2 aromatic carbocycles. The quantitative estimate of drug-likeness (QED) is 0.378. The molecule has 0 aliphatic rings. The smallest absolute Gasteiger partial charge is 0.270 e. The van der Waals surface area contributed by atoms with Gasteiger partial charge in [-0.2, -0.15) is 10.6 Å². The molecule has 158 valence electrons. The molecule has 0 fully saturated rings. The lowest BCUT2D eigenvalue weighted by molar-refractivity contribution is 0.488. The molecule has 0 saturated carbocycles. The first-order valence-corrected chi connectivity index (χ1v) is 11.1. The lowest BCUT2D eigenvalue weighted by atomic mass is 10.1. The second-order valence-corrected chi connectivity index (χ2v) is 8.95. The van der Waals surface area contributed by atoms with Crippen LogP contribution in [0.2, 0.25) is 0 Å². The van der Waals surface area contributed by atoms with Crippen molar-refractivity contribution in [2.45, 2.75) is 24.8 Å². The highest BCUT2D eigenvalue weighted by atomic mass is 32.3. The van der Waals surface area contributed by atoms with E-state index < -0.39 is 10.6 Å². The van der Waals surface area contributed by atoms with Gasteiger partial charge in [-0.3, -0.25) is 19.1 Å². The van der Waals surface area contributed by atoms with Crippen LogP contribution in [-0.2, 0) is 0 Å². The van der Waals surface area contributed by atoms with Crippen molar-refractivity contribution in [2.75, 3.05) is 12.8 Å². The molecule has 1 heterocycles. The van der Waals surface area contributed by atoms with Crippen molar-refractivity contribution in [3.8, 4) is 11.5 Å². The van der Waals surface area contributed by atoms with Crippen LogP contribution in [-0.4, -0.2) is 43.7 Å². The Morgan fingerprint density at radius 2 is 1.77 bits per heavy atom. The van der Waals surface area contributed by atoms with Crippen LogP contribution in [0, 0.1) is 0 Å². The van der Waals surface area contributed by atoms with Gasteiger partial charge in [0.15, 0.2) is 5.71 Å². The molecule has 9 heteroatoms. The van der Waals surface area contributed by atoms with Crippen LogP contribution in [0.4, 0.5) is 0 Å². The van der Waals surface area contributed by atoms with E-state index in [2.05, 4.69) is 20.2 Å². The lowest BCUT2D eigenvalue weighted by Gasteiger charge is -2.31. The molecular weight excluding hydrogens is 402 g/mol. The monoisotopic (exact) mass is 427 g/mol. The Labute approximate surface area is 176 Å². The van der Waals surface area contributed by atoms with Gasteiger partial charge in [-0.25, -0.2) is 0 Å². The molecule has 0 bridgehead atoms. The Morgan fingerprint density at radius 1 is 1.10 bits per heavy atom. The summed E-state index contributed by atoms with van der Waals surface area (Å²) in [7, 11) is -1.19. The van der Waals surface area contributed by atoms with E-state index >= 15 is 0 Å². The van der Waals surface area contributed by atoms with Gasteiger partial charge in [-0.1, -0.05) is 30.3 Å². The van der Waals surface area contributed by atoms with Crippen LogP contribution in [0.15, 0.2) is 73.9 Å². The van der Waals surface area contributed by atoms with Gasteiger partial charge in [-0.15, -0.1) is 10.2 Å². The second kappa shape index (κ2) is 9.21. The summed E-state index contributed by atoms with van der Waals surface area (Å²) < 4.78 is 25.9. The average Bonchev–Trinajstić information content (AvgIpc) is 3.27. The summed E-state index contributed by atoms with van der Waals surface area (Å²) in [6.45, 7) is 3.63. The normalized spacial score (nSPS) is 14.6. The third-order valence-corrected chi connectivity index (χ3v) is 6.43. The maximum absolute atomic E-state index is 10.1. The van der Waals surface area contributed by atoms with E-state index in [1.807, 2.05) is 49.4 Å². The zero-order chi connectivity index (χ0) is 21.7. The topological polar surface area (TPSA) is 130 Å². The van der Waals surface area contributed by atoms with Crippen LogP contribution >= 0.6 is 10.6 Å². The number of amidine groups is 1. The molecule has 1 unspecified atom stereocenters. The minimum absolute atomic E-state index is 0.181. The molecule has 8 nitrogen and oxygen atoms in total. The summed E-state index contributed by atoms with van der Waals surface area (Å²) in [6.07, 6.45) is 0. The largest absolute Gasteiger partial charge is 0.414 e. The summed E-state index contributed by atoms with van der Waals surface area (Å²) >= 11 is 0. The van der Waals surface area contributed by atoms with Crippen molar-refractivity contribution in [2.24, 2.45) is 15.7 Å². The summed E-state index contributed by atoms with van der Waals surface area (Å²) in [4.78, 5) is 9.18.